The first kappa shape index (κ1) is 16.1. The summed E-state index contributed by atoms with van der Waals surface area (Å²) in [4.78, 5) is 15.8. The third kappa shape index (κ3) is 3.11. The Balaban J connectivity index is 1.99. The number of imidazole rings is 1. The van der Waals surface area contributed by atoms with Crippen molar-refractivity contribution in [2.75, 3.05) is 0 Å². The van der Waals surface area contributed by atoms with Crippen LogP contribution in [-0.4, -0.2) is 20.6 Å². The van der Waals surface area contributed by atoms with E-state index in [9.17, 15) is 4.79 Å². The minimum Gasteiger partial charge on any atom is -0.486 e. The molecule has 0 fully saturated rings. The lowest BCUT2D eigenvalue weighted by atomic mass is 10.2. The molecule has 3 aromatic rings. The van der Waals surface area contributed by atoms with E-state index in [2.05, 4.69) is 23.4 Å². The lowest BCUT2D eigenvalue weighted by molar-refractivity contribution is 0.0697. The summed E-state index contributed by atoms with van der Waals surface area (Å²) >= 11 is 0. The van der Waals surface area contributed by atoms with Gasteiger partial charge in [0.15, 0.2) is 0 Å². The Labute approximate surface area is 140 Å². The number of aromatic carboxylic acids is 1. The summed E-state index contributed by atoms with van der Waals surface area (Å²) < 4.78 is 7.96. The van der Waals surface area contributed by atoms with Crippen molar-refractivity contribution < 1.29 is 14.6 Å². The van der Waals surface area contributed by atoms with Crippen LogP contribution in [-0.2, 0) is 6.61 Å². The third-order valence-electron chi connectivity index (χ3n) is 4.15. The van der Waals surface area contributed by atoms with Crippen LogP contribution in [0.4, 0.5) is 0 Å². The monoisotopic (exact) mass is 324 g/mol. The number of aromatic nitrogens is 2. The highest BCUT2D eigenvalue weighted by Crippen LogP contribution is 2.25. The van der Waals surface area contributed by atoms with Crippen LogP contribution in [0.25, 0.3) is 11.0 Å². The number of carboxylic acids is 1. The molecule has 1 aromatic heterocycles. The average molecular weight is 324 g/mol. The number of para-hydroxylation sites is 1. The van der Waals surface area contributed by atoms with Crippen LogP contribution in [0.2, 0.25) is 0 Å². The van der Waals surface area contributed by atoms with Crippen LogP contribution < -0.4 is 4.74 Å². The molecule has 24 heavy (non-hydrogen) atoms. The fraction of sp³-hybridized carbons (Fsp3) is 0.263. The molecule has 0 amide bonds. The first-order valence-electron chi connectivity index (χ1n) is 8.02. The standard InChI is InChI=1S/C19H20N2O3/c1-3-13(2)21-17-10-9-14(19(22)23)11-16(17)20-18(21)12-24-15-7-5-4-6-8-15/h4-11,13H,3,12H2,1-2H3,(H,22,23). The van der Waals surface area contributed by atoms with E-state index in [0.29, 0.717) is 12.1 Å². The Bertz CT molecular complexity index is 856. The number of nitrogens with zero attached hydrogens (tertiary/aromatic N) is 2. The Morgan fingerprint density at radius 1 is 1.25 bits per heavy atom. The van der Waals surface area contributed by atoms with E-state index >= 15 is 0 Å². The van der Waals surface area contributed by atoms with Crippen LogP contribution in [0, 0.1) is 0 Å². The average Bonchev–Trinajstić information content (AvgIpc) is 2.97. The van der Waals surface area contributed by atoms with E-state index in [-0.39, 0.29) is 11.6 Å². The molecule has 1 heterocycles. The summed E-state index contributed by atoms with van der Waals surface area (Å²) in [6, 6.07) is 14.9. The fourth-order valence-corrected chi connectivity index (χ4v) is 2.72. The van der Waals surface area contributed by atoms with E-state index in [1.807, 2.05) is 36.4 Å². The number of fused-ring (bicyclic) bond motifs is 1. The molecule has 124 valence electrons. The van der Waals surface area contributed by atoms with Gasteiger partial charge in [0, 0.05) is 6.04 Å². The molecule has 0 aliphatic heterocycles. The Hall–Kier alpha value is -2.82. The predicted octanol–water partition coefficient (Wildman–Crippen LogP) is 4.28. The molecule has 0 spiro atoms. The van der Waals surface area contributed by atoms with Crippen molar-refractivity contribution >= 4 is 17.0 Å². The Morgan fingerprint density at radius 2 is 2.00 bits per heavy atom. The molecule has 0 saturated carbocycles. The van der Waals surface area contributed by atoms with E-state index < -0.39 is 5.97 Å². The van der Waals surface area contributed by atoms with Gasteiger partial charge in [-0.2, -0.15) is 0 Å². The van der Waals surface area contributed by atoms with E-state index in [4.69, 9.17) is 9.84 Å². The van der Waals surface area contributed by atoms with Crippen molar-refractivity contribution in [2.24, 2.45) is 0 Å². The molecule has 0 saturated heterocycles. The maximum Gasteiger partial charge on any atom is 0.335 e. The highest BCUT2D eigenvalue weighted by molar-refractivity contribution is 5.92. The van der Waals surface area contributed by atoms with Gasteiger partial charge >= 0.3 is 5.97 Å². The minimum absolute atomic E-state index is 0.242. The van der Waals surface area contributed by atoms with Crippen molar-refractivity contribution in [3.05, 3.63) is 59.9 Å². The van der Waals surface area contributed by atoms with Crippen LogP contribution >= 0.6 is 0 Å². The normalized spacial score (nSPS) is 12.2. The molecule has 1 N–H and O–H groups in total. The summed E-state index contributed by atoms with van der Waals surface area (Å²) in [6.45, 7) is 4.58. The van der Waals surface area contributed by atoms with Gasteiger partial charge in [0.2, 0.25) is 0 Å². The minimum atomic E-state index is -0.947. The number of carbonyl (C=O) groups is 1. The molecule has 0 bridgehead atoms. The molecule has 2 aromatic carbocycles. The molecule has 1 unspecified atom stereocenters. The highest BCUT2D eigenvalue weighted by atomic mass is 16.5. The molecular weight excluding hydrogens is 304 g/mol. The lowest BCUT2D eigenvalue weighted by Gasteiger charge is -2.16. The highest BCUT2D eigenvalue weighted by Gasteiger charge is 2.17. The maximum absolute atomic E-state index is 11.2. The fourth-order valence-electron chi connectivity index (χ4n) is 2.72. The van der Waals surface area contributed by atoms with Gasteiger partial charge in [-0.15, -0.1) is 0 Å². The van der Waals surface area contributed by atoms with Gasteiger partial charge in [-0.1, -0.05) is 25.1 Å². The largest absolute Gasteiger partial charge is 0.486 e. The molecule has 0 aliphatic rings. The molecular formula is C19H20N2O3. The van der Waals surface area contributed by atoms with Gasteiger partial charge in [0.05, 0.1) is 16.6 Å². The van der Waals surface area contributed by atoms with Crippen LogP contribution in [0.1, 0.15) is 42.5 Å². The van der Waals surface area contributed by atoms with Gasteiger partial charge in [-0.25, -0.2) is 9.78 Å². The summed E-state index contributed by atoms with van der Waals surface area (Å²) in [5, 5.41) is 9.17. The smallest absolute Gasteiger partial charge is 0.335 e. The zero-order valence-electron chi connectivity index (χ0n) is 13.8. The number of rotatable bonds is 6. The number of ether oxygens (including phenoxy) is 1. The SMILES string of the molecule is CCC(C)n1c(COc2ccccc2)nc2cc(C(=O)O)ccc21. The Kier molecular flexibility index (Phi) is 4.51. The number of hydrogen-bond donors (Lipinski definition) is 1. The van der Waals surface area contributed by atoms with Crippen molar-refractivity contribution in [2.45, 2.75) is 32.9 Å². The van der Waals surface area contributed by atoms with Gasteiger partial charge in [0.1, 0.15) is 18.2 Å². The lowest BCUT2D eigenvalue weighted by Crippen LogP contribution is -2.11. The van der Waals surface area contributed by atoms with Crippen LogP contribution in [0.3, 0.4) is 0 Å². The maximum atomic E-state index is 11.2. The summed E-state index contributed by atoms with van der Waals surface area (Å²) in [7, 11) is 0. The number of carboxylic acid groups (broad SMARTS) is 1. The predicted molar refractivity (Wildman–Crippen MR) is 92.5 cm³/mol. The molecule has 3 rings (SSSR count). The van der Waals surface area contributed by atoms with Crippen molar-refractivity contribution in [3.63, 3.8) is 0 Å². The summed E-state index contributed by atoms with van der Waals surface area (Å²) in [5.41, 5.74) is 1.86. The molecule has 5 heteroatoms. The summed E-state index contributed by atoms with van der Waals surface area (Å²) in [5.74, 6) is 0.634. The van der Waals surface area contributed by atoms with E-state index in [1.165, 1.54) is 0 Å². The zero-order valence-corrected chi connectivity index (χ0v) is 13.8. The van der Waals surface area contributed by atoms with Crippen molar-refractivity contribution in [1.82, 2.24) is 9.55 Å². The molecule has 0 radical (unpaired) electrons. The number of hydrogen-bond acceptors (Lipinski definition) is 3. The van der Waals surface area contributed by atoms with Crippen molar-refractivity contribution in [1.29, 1.82) is 0 Å². The molecule has 1 atom stereocenters. The second-order valence-corrected chi connectivity index (χ2v) is 5.77. The van der Waals surface area contributed by atoms with E-state index in [0.717, 1.165) is 23.5 Å². The quantitative estimate of drug-likeness (QED) is 0.735. The van der Waals surface area contributed by atoms with Crippen LogP contribution in [0.5, 0.6) is 5.75 Å². The summed E-state index contributed by atoms with van der Waals surface area (Å²) in [6.07, 6.45) is 0.949. The van der Waals surface area contributed by atoms with Gasteiger partial charge < -0.3 is 14.4 Å². The second-order valence-electron chi connectivity index (χ2n) is 5.77. The first-order valence-corrected chi connectivity index (χ1v) is 8.02. The van der Waals surface area contributed by atoms with Gasteiger partial charge in [-0.05, 0) is 43.7 Å². The Morgan fingerprint density at radius 3 is 2.67 bits per heavy atom. The third-order valence-corrected chi connectivity index (χ3v) is 4.15. The molecule has 5 nitrogen and oxygen atoms in total. The van der Waals surface area contributed by atoms with Crippen molar-refractivity contribution in [3.8, 4) is 5.75 Å². The first-order chi connectivity index (χ1) is 11.6. The second kappa shape index (κ2) is 6.74. The molecule has 0 aliphatic carbocycles. The topological polar surface area (TPSA) is 64.4 Å². The zero-order chi connectivity index (χ0) is 17.1. The van der Waals surface area contributed by atoms with Gasteiger partial charge in [0.25, 0.3) is 0 Å². The van der Waals surface area contributed by atoms with E-state index in [1.54, 1.807) is 12.1 Å². The van der Waals surface area contributed by atoms with Gasteiger partial charge in [-0.3, -0.25) is 0 Å². The van der Waals surface area contributed by atoms with Crippen LogP contribution in [0.15, 0.2) is 48.5 Å². The number of benzene rings is 2.